The van der Waals surface area contributed by atoms with Crippen LogP contribution in [0.1, 0.15) is 18.9 Å². The molecule has 0 aliphatic carbocycles. The Hall–Kier alpha value is -1.26. The SMILES string of the molecule is CCOc1cccc(CN2CC[C@@H](O)C2)c1O. The number of para-hydroxylation sites is 1. The maximum Gasteiger partial charge on any atom is 0.162 e. The summed E-state index contributed by atoms with van der Waals surface area (Å²) in [7, 11) is 0. The summed E-state index contributed by atoms with van der Waals surface area (Å²) in [6, 6.07) is 5.54. The topological polar surface area (TPSA) is 52.9 Å². The normalized spacial score (nSPS) is 20.7. The van der Waals surface area contributed by atoms with E-state index in [0.29, 0.717) is 25.4 Å². The molecular weight excluding hydrogens is 218 g/mol. The standard InChI is InChI=1S/C13H19NO3/c1-2-17-12-5-3-4-10(13(12)16)8-14-7-6-11(15)9-14/h3-5,11,15-16H,2,6-9H2,1H3/t11-/m1/s1. The molecule has 0 spiro atoms. The molecule has 0 saturated carbocycles. The van der Waals surface area contributed by atoms with Crippen molar-refractivity contribution in [2.75, 3.05) is 19.7 Å². The molecule has 0 amide bonds. The van der Waals surface area contributed by atoms with Gasteiger partial charge in [0, 0.05) is 25.2 Å². The maximum absolute atomic E-state index is 10.0. The van der Waals surface area contributed by atoms with Gasteiger partial charge in [-0.15, -0.1) is 0 Å². The second-order valence-electron chi connectivity index (χ2n) is 4.37. The number of aliphatic hydroxyl groups excluding tert-OH is 1. The lowest BCUT2D eigenvalue weighted by atomic mass is 10.1. The fourth-order valence-electron chi connectivity index (χ4n) is 2.16. The molecule has 94 valence electrons. The molecule has 1 atom stereocenters. The van der Waals surface area contributed by atoms with Gasteiger partial charge in [0.2, 0.25) is 0 Å². The van der Waals surface area contributed by atoms with Crippen LogP contribution in [-0.4, -0.2) is 40.9 Å². The molecule has 0 radical (unpaired) electrons. The van der Waals surface area contributed by atoms with Crippen molar-refractivity contribution in [1.29, 1.82) is 0 Å². The van der Waals surface area contributed by atoms with Crippen LogP contribution < -0.4 is 4.74 Å². The summed E-state index contributed by atoms with van der Waals surface area (Å²) in [5.74, 6) is 0.750. The summed E-state index contributed by atoms with van der Waals surface area (Å²) in [6.45, 7) is 4.64. The number of phenolic OH excluding ortho intramolecular Hbond substituents is 1. The Bertz CT molecular complexity index is 381. The molecule has 2 rings (SSSR count). The second kappa shape index (κ2) is 5.38. The van der Waals surface area contributed by atoms with Gasteiger partial charge in [0.25, 0.3) is 0 Å². The highest BCUT2D eigenvalue weighted by Crippen LogP contribution is 2.31. The van der Waals surface area contributed by atoms with Crippen molar-refractivity contribution in [3.05, 3.63) is 23.8 Å². The van der Waals surface area contributed by atoms with Crippen LogP contribution in [0.3, 0.4) is 0 Å². The minimum absolute atomic E-state index is 0.218. The predicted octanol–water partition coefficient (Wildman–Crippen LogP) is 1.36. The van der Waals surface area contributed by atoms with Gasteiger partial charge in [-0.05, 0) is 19.4 Å². The van der Waals surface area contributed by atoms with Crippen molar-refractivity contribution in [2.45, 2.75) is 26.0 Å². The minimum Gasteiger partial charge on any atom is -0.504 e. The van der Waals surface area contributed by atoms with Gasteiger partial charge < -0.3 is 14.9 Å². The van der Waals surface area contributed by atoms with Crippen molar-refractivity contribution in [1.82, 2.24) is 4.90 Å². The first-order valence-corrected chi connectivity index (χ1v) is 6.04. The first-order chi connectivity index (χ1) is 8.20. The molecule has 1 aromatic carbocycles. The number of nitrogens with zero attached hydrogens (tertiary/aromatic N) is 1. The number of hydrogen-bond donors (Lipinski definition) is 2. The van der Waals surface area contributed by atoms with E-state index in [1.807, 2.05) is 19.1 Å². The molecule has 1 aliphatic rings. The zero-order valence-electron chi connectivity index (χ0n) is 10.1. The molecule has 0 bridgehead atoms. The van der Waals surface area contributed by atoms with E-state index in [1.54, 1.807) is 6.07 Å². The third-order valence-electron chi connectivity index (χ3n) is 3.02. The van der Waals surface area contributed by atoms with Crippen LogP contribution in [0.2, 0.25) is 0 Å². The molecule has 4 heteroatoms. The highest BCUT2D eigenvalue weighted by molar-refractivity contribution is 5.45. The van der Waals surface area contributed by atoms with Crippen LogP contribution in [-0.2, 0) is 6.54 Å². The van der Waals surface area contributed by atoms with Crippen molar-refractivity contribution in [2.24, 2.45) is 0 Å². The van der Waals surface area contributed by atoms with E-state index in [1.165, 1.54) is 0 Å². The van der Waals surface area contributed by atoms with Crippen LogP contribution in [0.15, 0.2) is 18.2 Å². The van der Waals surface area contributed by atoms with Gasteiger partial charge in [-0.3, -0.25) is 4.90 Å². The fourth-order valence-corrected chi connectivity index (χ4v) is 2.16. The van der Waals surface area contributed by atoms with Gasteiger partial charge in [0.05, 0.1) is 12.7 Å². The number of ether oxygens (including phenoxy) is 1. The fraction of sp³-hybridized carbons (Fsp3) is 0.538. The molecule has 0 unspecified atom stereocenters. The van der Waals surface area contributed by atoms with Crippen LogP contribution >= 0.6 is 0 Å². The van der Waals surface area contributed by atoms with Crippen molar-refractivity contribution < 1.29 is 14.9 Å². The summed E-state index contributed by atoms with van der Waals surface area (Å²) in [4.78, 5) is 2.13. The second-order valence-corrected chi connectivity index (χ2v) is 4.37. The van der Waals surface area contributed by atoms with Crippen molar-refractivity contribution >= 4 is 0 Å². The molecule has 1 aliphatic heterocycles. The molecule has 0 aromatic heterocycles. The number of hydrogen-bond acceptors (Lipinski definition) is 4. The zero-order valence-corrected chi connectivity index (χ0v) is 10.1. The van der Waals surface area contributed by atoms with Gasteiger partial charge in [-0.2, -0.15) is 0 Å². The third-order valence-corrected chi connectivity index (χ3v) is 3.02. The lowest BCUT2D eigenvalue weighted by molar-refractivity contribution is 0.174. The van der Waals surface area contributed by atoms with E-state index >= 15 is 0 Å². The quantitative estimate of drug-likeness (QED) is 0.830. The average Bonchev–Trinajstić information content (AvgIpc) is 2.70. The number of aromatic hydroxyl groups is 1. The van der Waals surface area contributed by atoms with Crippen LogP contribution in [0.4, 0.5) is 0 Å². The van der Waals surface area contributed by atoms with Crippen LogP contribution in [0.5, 0.6) is 11.5 Å². The number of aliphatic hydroxyl groups is 1. The third kappa shape index (κ3) is 2.90. The van der Waals surface area contributed by atoms with Gasteiger partial charge in [-0.1, -0.05) is 12.1 Å². The highest BCUT2D eigenvalue weighted by Gasteiger charge is 2.21. The molecule has 1 aromatic rings. The molecule has 1 heterocycles. The summed E-state index contributed by atoms with van der Waals surface area (Å²) >= 11 is 0. The molecular formula is C13H19NO3. The predicted molar refractivity (Wildman–Crippen MR) is 65.2 cm³/mol. The smallest absolute Gasteiger partial charge is 0.162 e. The Kier molecular flexibility index (Phi) is 3.86. The monoisotopic (exact) mass is 237 g/mol. The molecule has 17 heavy (non-hydrogen) atoms. The van der Waals surface area contributed by atoms with Crippen LogP contribution in [0, 0.1) is 0 Å². The molecule has 4 nitrogen and oxygen atoms in total. The Labute approximate surface area is 101 Å². The number of β-amino-alcohol motifs (C(OH)–C–C–N with tert-alkyl or cyclic N) is 1. The van der Waals surface area contributed by atoms with Gasteiger partial charge in [0.15, 0.2) is 11.5 Å². The van der Waals surface area contributed by atoms with E-state index in [0.717, 1.165) is 18.5 Å². The van der Waals surface area contributed by atoms with Crippen LogP contribution in [0.25, 0.3) is 0 Å². The summed E-state index contributed by atoms with van der Waals surface area (Å²) < 4.78 is 5.34. The summed E-state index contributed by atoms with van der Waals surface area (Å²) in [6.07, 6.45) is 0.582. The van der Waals surface area contributed by atoms with E-state index in [4.69, 9.17) is 4.74 Å². The van der Waals surface area contributed by atoms with Crippen molar-refractivity contribution in [3.8, 4) is 11.5 Å². The maximum atomic E-state index is 10.0. The Morgan fingerprint density at radius 3 is 2.94 bits per heavy atom. The van der Waals surface area contributed by atoms with Crippen molar-refractivity contribution in [3.63, 3.8) is 0 Å². The molecule has 1 saturated heterocycles. The molecule has 1 fully saturated rings. The highest BCUT2D eigenvalue weighted by atomic mass is 16.5. The lowest BCUT2D eigenvalue weighted by Gasteiger charge is -2.17. The number of phenols is 1. The van der Waals surface area contributed by atoms with E-state index in [-0.39, 0.29) is 11.9 Å². The van der Waals surface area contributed by atoms with Gasteiger partial charge in [0.1, 0.15) is 0 Å². The number of benzene rings is 1. The zero-order chi connectivity index (χ0) is 12.3. The Balaban J connectivity index is 2.07. The summed E-state index contributed by atoms with van der Waals surface area (Å²) in [5.41, 5.74) is 0.852. The average molecular weight is 237 g/mol. The van der Waals surface area contributed by atoms with Gasteiger partial charge in [-0.25, -0.2) is 0 Å². The lowest BCUT2D eigenvalue weighted by Crippen LogP contribution is -2.21. The van der Waals surface area contributed by atoms with Gasteiger partial charge >= 0.3 is 0 Å². The van der Waals surface area contributed by atoms with E-state index in [9.17, 15) is 10.2 Å². The number of likely N-dealkylation sites (tertiary alicyclic amines) is 1. The first-order valence-electron chi connectivity index (χ1n) is 6.04. The first kappa shape index (κ1) is 12.2. The largest absolute Gasteiger partial charge is 0.504 e. The van der Waals surface area contributed by atoms with E-state index < -0.39 is 0 Å². The Morgan fingerprint density at radius 1 is 1.47 bits per heavy atom. The van der Waals surface area contributed by atoms with E-state index in [2.05, 4.69) is 4.90 Å². The Morgan fingerprint density at radius 2 is 2.29 bits per heavy atom. The molecule has 2 N–H and O–H groups in total. The minimum atomic E-state index is -0.229. The summed E-state index contributed by atoms with van der Waals surface area (Å²) in [5, 5.41) is 19.5. The number of rotatable bonds is 4.